The maximum Gasteiger partial charge on any atom is 0.303 e. The van der Waals surface area contributed by atoms with Gasteiger partial charge in [-0.3, -0.25) is 14.9 Å². The number of aliphatic carboxylic acids is 1. The lowest BCUT2D eigenvalue weighted by Crippen LogP contribution is -2.25. The fraction of sp³-hybridized carbons (Fsp3) is 0.364. The summed E-state index contributed by atoms with van der Waals surface area (Å²) in [5.74, 6) is -0.938. The van der Waals surface area contributed by atoms with E-state index >= 15 is 0 Å². The molecule has 9 heteroatoms. The predicted octanol–water partition coefficient (Wildman–Crippen LogP) is 1.13. The third-order valence-electron chi connectivity index (χ3n) is 2.45. The summed E-state index contributed by atoms with van der Waals surface area (Å²) in [6.07, 6.45) is 0.700. The van der Waals surface area contributed by atoms with Crippen LogP contribution in [0.15, 0.2) is 29.2 Å². The largest absolute Gasteiger partial charge is 0.481 e. The first kappa shape index (κ1) is 16.1. The van der Waals surface area contributed by atoms with Crippen molar-refractivity contribution < 1.29 is 23.2 Å². The first-order valence-corrected chi connectivity index (χ1v) is 7.27. The van der Waals surface area contributed by atoms with Gasteiger partial charge in [0, 0.05) is 25.1 Å². The quantitative estimate of drug-likeness (QED) is 0.421. The molecule has 2 N–H and O–H groups in total. The minimum absolute atomic E-state index is 0.0292. The third-order valence-corrected chi connectivity index (χ3v) is 3.91. The molecule has 0 aromatic heterocycles. The van der Waals surface area contributed by atoms with E-state index in [2.05, 4.69) is 4.72 Å². The van der Waals surface area contributed by atoms with Gasteiger partial charge in [0.15, 0.2) is 0 Å². The molecule has 0 radical (unpaired) electrons. The van der Waals surface area contributed by atoms with Crippen LogP contribution in [-0.2, 0) is 14.8 Å². The van der Waals surface area contributed by atoms with Gasteiger partial charge in [0.1, 0.15) is 0 Å². The van der Waals surface area contributed by atoms with E-state index < -0.39 is 20.9 Å². The summed E-state index contributed by atoms with van der Waals surface area (Å²) in [4.78, 5) is 20.0. The molecule has 0 atom stereocenters. The van der Waals surface area contributed by atoms with E-state index in [0.717, 1.165) is 6.07 Å². The zero-order valence-corrected chi connectivity index (χ0v) is 11.3. The lowest BCUT2D eigenvalue weighted by atomic mass is 10.2. The van der Waals surface area contributed by atoms with Gasteiger partial charge in [-0.1, -0.05) is 6.07 Å². The third kappa shape index (κ3) is 4.94. The average Bonchev–Trinajstić information content (AvgIpc) is 2.38. The summed E-state index contributed by atoms with van der Waals surface area (Å²) in [6.45, 7) is 0.0817. The second kappa shape index (κ2) is 6.96. The number of nitro groups is 1. The van der Waals surface area contributed by atoms with Crippen molar-refractivity contribution in [1.82, 2.24) is 4.72 Å². The summed E-state index contributed by atoms with van der Waals surface area (Å²) in [6, 6.07) is 4.72. The van der Waals surface area contributed by atoms with Crippen molar-refractivity contribution >= 4 is 21.7 Å². The van der Waals surface area contributed by atoms with Gasteiger partial charge in [0.25, 0.3) is 5.69 Å². The molecule has 0 bridgehead atoms. The number of unbranched alkanes of at least 4 members (excludes halogenated alkanes) is 1. The molecule has 0 fully saturated rings. The topological polar surface area (TPSA) is 127 Å². The molecule has 1 rings (SSSR count). The molecule has 0 aliphatic rings. The number of sulfonamides is 1. The van der Waals surface area contributed by atoms with E-state index in [-0.39, 0.29) is 23.5 Å². The number of non-ortho nitro benzene ring substituents is 1. The second-order valence-electron chi connectivity index (χ2n) is 4.00. The van der Waals surface area contributed by atoms with E-state index in [4.69, 9.17) is 5.11 Å². The SMILES string of the molecule is O=C(O)CCCCNS(=O)(=O)c1cccc([N+](=O)[O-])c1. The van der Waals surface area contributed by atoms with Gasteiger partial charge in [-0.25, -0.2) is 13.1 Å². The molecule has 110 valence electrons. The maximum atomic E-state index is 11.9. The number of carboxylic acid groups (broad SMARTS) is 1. The molecule has 20 heavy (non-hydrogen) atoms. The van der Waals surface area contributed by atoms with E-state index in [1.165, 1.54) is 18.2 Å². The number of carbonyl (C=O) groups is 1. The van der Waals surface area contributed by atoms with Crippen LogP contribution in [0.3, 0.4) is 0 Å². The average molecular weight is 302 g/mol. The Balaban J connectivity index is 2.62. The molecule has 0 aliphatic heterocycles. The summed E-state index contributed by atoms with van der Waals surface area (Å²) < 4.78 is 26.0. The highest BCUT2D eigenvalue weighted by molar-refractivity contribution is 7.89. The van der Waals surface area contributed by atoms with Crippen LogP contribution in [0.4, 0.5) is 5.69 Å². The van der Waals surface area contributed by atoms with Crippen LogP contribution in [0.25, 0.3) is 0 Å². The van der Waals surface area contributed by atoms with Crippen molar-refractivity contribution in [2.45, 2.75) is 24.2 Å². The molecule has 0 amide bonds. The summed E-state index contributed by atoms with van der Waals surface area (Å²) in [5.41, 5.74) is -0.307. The molecular weight excluding hydrogens is 288 g/mol. The Kier molecular flexibility index (Phi) is 5.59. The predicted molar refractivity (Wildman–Crippen MR) is 69.8 cm³/mol. The van der Waals surface area contributed by atoms with Crippen LogP contribution in [0.5, 0.6) is 0 Å². The molecule has 0 heterocycles. The normalized spacial score (nSPS) is 11.2. The first-order valence-electron chi connectivity index (χ1n) is 5.79. The van der Waals surface area contributed by atoms with E-state index in [0.29, 0.717) is 12.8 Å². The molecule has 0 spiro atoms. The van der Waals surface area contributed by atoms with Gasteiger partial charge in [0.2, 0.25) is 10.0 Å². The Labute approximate surface area is 115 Å². The highest BCUT2D eigenvalue weighted by Crippen LogP contribution is 2.17. The van der Waals surface area contributed by atoms with Gasteiger partial charge in [-0.2, -0.15) is 0 Å². The fourth-order valence-corrected chi connectivity index (χ4v) is 2.57. The number of benzene rings is 1. The van der Waals surface area contributed by atoms with Crippen LogP contribution < -0.4 is 4.72 Å². The molecule has 1 aromatic rings. The molecule has 0 saturated carbocycles. The Bertz CT molecular complexity index is 599. The number of carboxylic acids is 1. The zero-order valence-electron chi connectivity index (χ0n) is 10.5. The van der Waals surface area contributed by atoms with Crippen molar-refractivity contribution in [2.24, 2.45) is 0 Å². The zero-order chi connectivity index (χ0) is 15.2. The summed E-state index contributed by atoms with van der Waals surface area (Å²) in [7, 11) is -3.82. The second-order valence-corrected chi connectivity index (χ2v) is 5.77. The minimum Gasteiger partial charge on any atom is -0.481 e. The van der Waals surface area contributed by atoms with Gasteiger partial charge < -0.3 is 5.11 Å². The van der Waals surface area contributed by atoms with Crippen molar-refractivity contribution in [3.05, 3.63) is 34.4 Å². The number of rotatable bonds is 8. The standard InChI is InChI=1S/C11H14N2O6S/c14-11(15)6-1-2-7-12-20(18,19)10-5-3-4-9(8-10)13(16)17/h3-5,8,12H,1-2,6-7H2,(H,14,15). The van der Waals surface area contributed by atoms with E-state index in [9.17, 15) is 23.3 Å². The van der Waals surface area contributed by atoms with Crippen LogP contribution in [0, 0.1) is 10.1 Å². The number of nitrogens with zero attached hydrogens (tertiary/aromatic N) is 1. The molecule has 0 aliphatic carbocycles. The van der Waals surface area contributed by atoms with Crippen LogP contribution in [0.1, 0.15) is 19.3 Å². The molecule has 0 saturated heterocycles. The number of nitrogens with one attached hydrogen (secondary N) is 1. The minimum atomic E-state index is -3.82. The molecule has 1 aromatic carbocycles. The number of nitro benzene ring substituents is 1. The Morgan fingerprint density at radius 2 is 2.05 bits per heavy atom. The van der Waals surface area contributed by atoms with Crippen LogP contribution in [-0.4, -0.2) is 31.0 Å². The van der Waals surface area contributed by atoms with E-state index in [1.54, 1.807) is 0 Å². The molecule has 8 nitrogen and oxygen atoms in total. The van der Waals surface area contributed by atoms with Gasteiger partial charge in [-0.05, 0) is 18.9 Å². The fourth-order valence-electron chi connectivity index (χ4n) is 1.46. The Morgan fingerprint density at radius 1 is 1.35 bits per heavy atom. The van der Waals surface area contributed by atoms with Crippen molar-refractivity contribution in [3.63, 3.8) is 0 Å². The summed E-state index contributed by atoms with van der Waals surface area (Å²) in [5, 5.41) is 19.0. The van der Waals surface area contributed by atoms with Crippen molar-refractivity contribution in [3.8, 4) is 0 Å². The smallest absolute Gasteiger partial charge is 0.303 e. The van der Waals surface area contributed by atoms with Gasteiger partial charge in [0.05, 0.1) is 9.82 Å². The van der Waals surface area contributed by atoms with Crippen LogP contribution in [0.2, 0.25) is 0 Å². The highest BCUT2D eigenvalue weighted by Gasteiger charge is 2.16. The summed E-state index contributed by atoms with van der Waals surface area (Å²) >= 11 is 0. The lowest BCUT2D eigenvalue weighted by molar-refractivity contribution is -0.385. The van der Waals surface area contributed by atoms with Crippen LogP contribution >= 0.6 is 0 Å². The molecular formula is C11H14N2O6S. The van der Waals surface area contributed by atoms with Gasteiger partial charge >= 0.3 is 5.97 Å². The Morgan fingerprint density at radius 3 is 2.65 bits per heavy atom. The highest BCUT2D eigenvalue weighted by atomic mass is 32.2. The van der Waals surface area contributed by atoms with Crippen molar-refractivity contribution in [1.29, 1.82) is 0 Å². The first-order chi connectivity index (χ1) is 9.33. The van der Waals surface area contributed by atoms with Crippen molar-refractivity contribution in [2.75, 3.05) is 6.54 Å². The monoisotopic (exact) mass is 302 g/mol. The lowest BCUT2D eigenvalue weighted by Gasteiger charge is -2.06. The van der Waals surface area contributed by atoms with E-state index in [1.807, 2.05) is 0 Å². The Hall–Kier alpha value is -2.00. The number of hydrogen-bond acceptors (Lipinski definition) is 5. The number of hydrogen-bond donors (Lipinski definition) is 2. The maximum absolute atomic E-state index is 11.9. The molecule has 0 unspecified atom stereocenters. The van der Waals surface area contributed by atoms with Gasteiger partial charge in [-0.15, -0.1) is 0 Å².